The zero-order valence-electron chi connectivity index (χ0n) is 16.0. The molecular formula is C17H38N2O5. The molecule has 24 heavy (non-hydrogen) atoms. The Morgan fingerprint density at radius 3 is 2.21 bits per heavy atom. The summed E-state index contributed by atoms with van der Waals surface area (Å²) < 4.78 is 5.80. The number of carboxylic acids is 1. The van der Waals surface area contributed by atoms with Gasteiger partial charge in [-0.3, -0.25) is 4.79 Å². The van der Waals surface area contributed by atoms with Gasteiger partial charge in [0.05, 0.1) is 18.6 Å². The highest BCUT2D eigenvalue weighted by molar-refractivity contribution is 5.70. The number of nitrogens with one attached hydrogen (secondary N) is 1. The molecule has 146 valence electrons. The lowest BCUT2D eigenvalue weighted by molar-refractivity contribution is -0.137. The van der Waals surface area contributed by atoms with Gasteiger partial charge in [0.25, 0.3) is 0 Å². The molecule has 0 aromatic heterocycles. The number of ether oxygens (including phenoxy) is 1. The second-order valence-electron chi connectivity index (χ2n) is 6.26. The van der Waals surface area contributed by atoms with Crippen LogP contribution >= 0.6 is 0 Å². The van der Waals surface area contributed by atoms with E-state index in [-0.39, 0.29) is 25.0 Å². The van der Waals surface area contributed by atoms with Crippen LogP contribution in [0.15, 0.2) is 0 Å². The van der Waals surface area contributed by atoms with Crippen LogP contribution < -0.4 is 11.1 Å². The molecule has 0 saturated carbocycles. The Bertz CT molecular complexity index is 282. The van der Waals surface area contributed by atoms with Crippen molar-refractivity contribution in [3.8, 4) is 0 Å². The highest BCUT2D eigenvalue weighted by Crippen LogP contribution is 2.14. The SMILES string of the molecule is CNCCC(C)(C)OCCC(C)C.NCCO.O=CCCC(=O)O. The third-order valence-electron chi connectivity index (χ3n) is 2.77. The minimum Gasteiger partial charge on any atom is -0.481 e. The van der Waals surface area contributed by atoms with Gasteiger partial charge in [-0.15, -0.1) is 0 Å². The van der Waals surface area contributed by atoms with E-state index in [4.69, 9.17) is 20.7 Å². The smallest absolute Gasteiger partial charge is 0.303 e. The molecule has 7 heteroatoms. The minimum absolute atomic E-state index is 0.0257. The monoisotopic (exact) mass is 350 g/mol. The summed E-state index contributed by atoms with van der Waals surface area (Å²) >= 11 is 0. The van der Waals surface area contributed by atoms with Crippen LogP contribution in [0.1, 0.15) is 53.4 Å². The Labute approximate surface area is 147 Å². The molecule has 0 radical (unpaired) electrons. The second kappa shape index (κ2) is 20.0. The summed E-state index contributed by atoms with van der Waals surface area (Å²) in [6.45, 7) is 11.1. The van der Waals surface area contributed by atoms with Crippen molar-refractivity contribution in [2.24, 2.45) is 11.7 Å². The lowest BCUT2D eigenvalue weighted by Crippen LogP contribution is -2.29. The standard InChI is InChI=1S/C11H25NO.C4H6O3.C2H7NO/c1-10(2)6-9-13-11(3,4)7-8-12-5;5-3-1-2-4(6)7;3-1-2-4/h10,12H,6-9H2,1-5H3;3H,1-2H2,(H,6,7);4H,1-3H2. The van der Waals surface area contributed by atoms with E-state index in [1.54, 1.807) is 0 Å². The molecule has 0 bridgehead atoms. The fourth-order valence-corrected chi connectivity index (χ4v) is 1.25. The molecular weight excluding hydrogens is 312 g/mol. The summed E-state index contributed by atoms with van der Waals surface area (Å²) in [5.74, 6) is -0.188. The lowest BCUT2D eigenvalue weighted by Gasteiger charge is -2.25. The molecule has 0 aliphatic carbocycles. The Kier molecular flexibility index (Phi) is 23.2. The first-order chi connectivity index (χ1) is 11.2. The van der Waals surface area contributed by atoms with Gasteiger partial charge in [-0.05, 0) is 46.2 Å². The lowest BCUT2D eigenvalue weighted by atomic mass is 10.1. The summed E-state index contributed by atoms with van der Waals surface area (Å²) in [5, 5.41) is 18.8. The largest absolute Gasteiger partial charge is 0.481 e. The molecule has 0 unspecified atom stereocenters. The van der Waals surface area contributed by atoms with Crippen molar-refractivity contribution in [2.75, 3.05) is 33.4 Å². The molecule has 0 fully saturated rings. The molecule has 0 heterocycles. The van der Waals surface area contributed by atoms with E-state index in [2.05, 4.69) is 33.0 Å². The fraction of sp³-hybridized carbons (Fsp3) is 0.882. The van der Waals surface area contributed by atoms with Crippen molar-refractivity contribution >= 4 is 12.3 Å². The van der Waals surface area contributed by atoms with Gasteiger partial charge in [-0.2, -0.15) is 0 Å². The van der Waals surface area contributed by atoms with Crippen LogP contribution in [0.5, 0.6) is 0 Å². The van der Waals surface area contributed by atoms with E-state index in [0.29, 0.717) is 12.8 Å². The topological polar surface area (TPSA) is 122 Å². The van der Waals surface area contributed by atoms with E-state index < -0.39 is 5.97 Å². The van der Waals surface area contributed by atoms with E-state index in [0.717, 1.165) is 31.9 Å². The molecule has 0 atom stereocenters. The zero-order valence-corrected chi connectivity index (χ0v) is 16.0. The number of rotatable bonds is 11. The molecule has 0 spiro atoms. The molecule has 0 aliphatic rings. The summed E-state index contributed by atoms with van der Waals surface area (Å²) in [6, 6.07) is 0. The predicted molar refractivity (Wildman–Crippen MR) is 97.1 cm³/mol. The van der Waals surface area contributed by atoms with Crippen molar-refractivity contribution in [1.82, 2.24) is 5.32 Å². The highest BCUT2D eigenvalue weighted by atomic mass is 16.5. The first-order valence-corrected chi connectivity index (χ1v) is 8.41. The van der Waals surface area contributed by atoms with Gasteiger partial charge in [0, 0.05) is 19.6 Å². The van der Waals surface area contributed by atoms with Crippen molar-refractivity contribution in [3.05, 3.63) is 0 Å². The summed E-state index contributed by atoms with van der Waals surface area (Å²) in [7, 11) is 1.98. The molecule has 0 aliphatic heterocycles. The van der Waals surface area contributed by atoms with Gasteiger partial charge in [0.2, 0.25) is 0 Å². The molecule has 0 aromatic carbocycles. The van der Waals surface area contributed by atoms with Crippen LogP contribution in [0.2, 0.25) is 0 Å². The van der Waals surface area contributed by atoms with Gasteiger partial charge in [-0.25, -0.2) is 0 Å². The molecule has 5 N–H and O–H groups in total. The normalized spacial score (nSPS) is 10.3. The zero-order chi connectivity index (χ0) is 19.4. The van der Waals surface area contributed by atoms with Crippen LogP contribution in [0.25, 0.3) is 0 Å². The van der Waals surface area contributed by atoms with Crippen molar-refractivity contribution in [1.29, 1.82) is 0 Å². The number of carbonyl (C=O) groups excluding carboxylic acids is 1. The Morgan fingerprint density at radius 1 is 1.38 bits per heavy atom. The van der Waals surface area contributed by atoms with Crippen molar-refractivity contribution in [3.63, 3.8) is 0 Å². The number of aliphatic carboxylic acids is 1. The van der Waals surface area contributed by atoms with E-state index in [1.165, 1.54) is 0 Å². The fourth-order valence-electron chi connectivity index (χ4n) is 1.25. The molecule has 7 nitrogen and oxygen atoms in total. The third-order valence-corrected chi connectivity index (χ3v) is 2.77. The number of hydrogen-bond donors (Lipinski definition) is 4. The minimum atomic E-state index is -0.924. The Morgan fingerprint density at radius 2 is 1.92 bits per heavy atom. The Balaban J connectivity index is -0.000000335. The van der Waals surface area contributed by atoms with Gasteiger partial charge in [-0.1, -0.05) is 13.8 Å². The average molecular weight is 351 g/mol. The maximum absolute atomic E-state index is 9.60. The van der Waals surface area contributed by atoms with Crippen LogP contribution in [0.4, 0.5) is 0 Å². The predicted octanol–water partition coefficient (Wildman–Crippen LogP) is 1.42. The van der Waals surface area contributed by atoms with Crippen LogP contribution in [-0.4, -0.2) is 61.4 Å². The van der Waals surface area contributed by atoms with Crippen molar-refractivity contribution in [2.45, 2.75) is 59.0 Å². The van der Waals surface area contributed by atoms with Crippen LogP contribution in [0, 0.1) is 5.92 Å². The van der Waals surface area contributed by atoms with Gasteiger partial charge in [0.1, 0.15) is 6.29 Å². The average Bonchev–Trinajstić information content (AvgIpc) is 2.51. The number of hydrogen-bond acceptors (Lipinski definition) is 6. The first-order valence-electron chi connectivity index (χ1n) is 8.41. The van der Waals surface area contributed by atoms with Crippen molar-refractivity contribution < 1.29 is 24.5 Å². The molecule has 0 aromatic rings. The van der Waals surface area contributed by atoms with Crippen LogP contribution in [0.3, 0.4) is 0 Å². The maximum Gasteiger partial charge on any atom is 0.303 e. The van der Waals surface area contributed by atoms with Gasteiger partial charge < -0.3 is 30.8 Å². The van der Waals surface area contributed by atoms with E-state index in [9.17, 15) is 9.59 Å². The first kappa shape index (κ1) is 27.8. The third kappa shape index (κ3) is 32.8. The number of carbonyl (C=O) groups is 2. The number of aldehydes is 1. The quantitative estimate of drug-likeness (QED) is 0.416. The van der Waals surface area contributed by atoms with E-state index >= 15 is 0 Å². The van der Waals surface area contributed by atoms with E-state index in [1.807, 2.05) is 7.05 Å². The summed E-state index contributed by atoms with van der Waals surface area (Å²) in [5.41, 5.74) is 4.80. The summed E-state index contributed by atoms with van der Waals surface area (Å²) in [4.78, 5) is 19.0. The number of aliphatic hydroxyl groups is 1. The highest BCUT2D eigenvalue weighted by Gasteiger charge is 2.17. The number of carboxylic acid groups (broad SMARTS) is 1. The molecule has 0 rings (SSSR count). The van der Waals surface area contributed by atoms with Gasteiger partial charge in [0.15, 0.2) is 0 Å². The summed E-state index contributed by atoms with van der Waals surface area (Å²) in [6.07, 6.45) is 2.89. The number of nitrogens with two attached hydrogens (primary N) is 1. The number of aliphatic hydroxyl groups excluding tert-OH is 1. The molecule has 0 amide bonds. The Hall–Kier alpha value is -1.02. The van der Waals surface area contributed by atoms with Crippen LogP contribution in [-0.2, 0) is 14.3 Å². The maximum atomic E-state index is 9.60. The van der Waals surface area contributed by atoms with Gasteiger partial charge >= 0.3 is 5.97 Å². The molecule has 0 saturated heterocycles. The second-order valence-corrected chi connectivity index (χ2v) is 6.26.